The zero-order valence-corrected chi connectivity index (χ0v) is 11.5. The van der Waals surface area contributed by atoms with E-state index in [0.717, 1.165) is 11.5 Å². The minimum absolute atomic E-state index is 0.0154. The fourth-order valence-corrected chi connectivity index (χ4v) is 1.91. The van der Waals surface area contributed by atoms with Gasteiger partial charge in [-0.1, -0.05) is 19.1 Å². The summed E-state index contributed by atoms with van der Waals surface area (Å²) in [4.78, 5) is 22.7. The first kappa shape index (κ1) is 14.6. The van der Waals surface area contributed by atoms with E-state index >= 15 is 0 Å². The fraction of sp³-hybridized carbons (Fsp3) is 0.385. The highest BCUT2D eigenvalue weighted by molar-refractivity contribution is 7.99. The van der Waals surface area contributed by atoms with Crippen molar-refractivity contribution in [1.82, 2.24) is 5.32 Å². The number of urea groups is 1. The lowest BCUT2D eigenvalue weighted by Crippen LogP contribution is -2.30. The van der Waals surface area contributed by atoms with Crippen molar-refractivity contribution in [2.75, 3.05) is 23.4 Å². The number of nitrogens with one attached hydrogen (secondary N) is 2. The largest absolute Gasteiger partial charge is 0.337 e. The number of amides is 2. The number of hydrogen-bond acceptors (Lipinski definition) is 3. The van der Waals surface area contributed by atoms with E-state index in [1.165, 1.54) is 6.92 Å². The van der Waals surface area contributed by atoms with Crippen LogP contribution in [0.2, 0.25) is 0 Å². The summed E-state index contributed by atoms with van der Waals surface area (Å²) in [6, 6.07) is 6.66. The Morgan fingerprint density at radius 2 is 2.11 bits per heavy atom. The predicted molar refractivity (Wildman–Crippen MR) is 76.5 cm³/mol. The molecule has 2 N–H and O–H groups in total. The minimum atomic E-state index is -0.243. The number of anilines is 1. The number of thioether (sulfide) groups is 1. The first-order valence-electron chi connectivity index (χ1n) is 5.87. The van der Waals surface area contributed by atoms with E-state index in [2.05, 4.69) is 17.6 Å². The van der Waals surface area contributed by atoms with E-state index in [1.54, 1.807) is 36.0 Å². The number of carbonyl (C=O) groups is 2. The lowest BCUT2D eigenvalue weighted by atomic mass is 10.1. The van der Waals surface area contributed by atoms with Crippen LogP contribution in [0.3, 0.4) is 0 Å². The predicted octanol–water partition coefficient (Wildman–Crippen LogP) is 2.76. The third-order valence-corrected chi connectivity index (χ3v) is 3.16. The molecule has 0 spiro atoms. The second-order valence-electron chi connectivity index (χ2n) is 3.71. The third kappa shape index (κ3) is 5.23. The molecule has 0 heterocycles. The normalized spacial score (nSPS) is 9.89. The molecule has 0 aliphatic carbocycles. The monoisotopic (exact) mass is 266 g/mol. The van der Waals surface area contributed by atoms with Gasteiger partial charge in [-0.15, -0.1) is 0 Å². The van der Waals surface area contributed by atoms with Crippen LogP contribution >= 0.6 is 11.8 Å². The lowest BCUT2D eigenvalue weighted by Gasteiger charge is -2.08. The Balaban J connectivity index is 2.44. The maximum absolute atomic E-state index is 11.5. The average Bonchev–Trinajstić information content (AvgIpc) is 2.35. The summed E-state index contributed by atoms with van der Waals surface area (Å²) < 4.78 is 0. The average molecular weight is 266 g/mol. The van der Waals surface area contributed by atoms with Crippen molar-refractivity contribution < 1.29 is 9.59 Å². The van der Waals surface area contributed by atoms with Gasteiger partial charge in [-0.2, -0.15) is 11.8 Å². The van der Waals surface area contributed by atoms with Crippen LogP contribution in [0.15, 0.2) is 24.3 Å². The molecular weight excluding hydrogens is 248 g/mol. The van der Waals surface area contributed by atoms with Crippen LogP contribution in [0, 0.1) is 0 Å². The topological polar surface area (TPSA) is 58.2 Å². The molecule has 0 fully saturated rings. The van der Waals surface area contributed by atoms with Gasteiger partial charge in [-0.25, -0.2) is 4.79 Å². The number of benzene rings is 1. The van der Waals surface area contributed by atoms with Crippen LogP contribution in [0.25, 0.3) is 0 Å². The van der Waals surface area contributed by atoms with E-state index in [-0.39, 0.29) is 11.8 Å². The molecule has 1 aromatic rings. The van der Waals surface area contributed by atoms with E-state index < -0.39 is 0 Å². The van der Waals surface area contributed by atoms with Gasteiger partial charge in [0.1, 0.15) is 0 Å². The summed E-state index contributed by atoms with van der Waals surface area (Å²) in [5.41, 5.74) is 1.22. The van der Waals surface area contributed by atoms with Gasteiger partial charge in [-0.05, 0) is 24.8 Å². The van der Waals surface area contributed by atoms with Crippen LogP contribution in [0.1, 0.15) is 24.2 Å². The van der Waals surface area contributed by atoms with Crippen molar-refractivity contribution in [3.8, 4) is 0 Å². The van der Waals surface area contributed by atoms with Gasteiger partial charge in [0.15, 0.2) is 5.78 Å². The van der Waals surface area contributed by atoms with Gasteiger partial charge in [0, 0.05) is 23.5 Å². The SMILES string of the molecule is CCSCCNC(=O)Nc1cccc(C(C)=O)c1. The summed E-state index contributed by atoms with van der Waals surface area (Å²) in [5, 5.41) is 5.46. The van der Waals surface area contributed by atoms with Crippen molar-refractivity contribution in [3.05, 3.63) is 29.8 Å². The van der Waals surface area contributed by atoms with Crippen LogP contribution in [0.5, 0.6) is 0 Å². The van der Waals surface area contributed by atoms with E-state index in [0.29, 0.717) is 17.8 Å². The molecular formula is C13H18N2O2S. The van der Waals surface area contributed by atoms with Gasteiger partial charge in [-0.3, -0.25) is 4.79 Å². The summed E-state index contributed by atoms with van der Waals surface area (Å²) in [6.45, 7) is 4.22. The highest BCUT2D eigenvalue weighted by Crippen LogP contribution is 2.10. The Bertz CT molecular complexity index is 421. The molecule has 0 saturated carbocycles. The molecule has 1 rings (SSSR count). The van der Waals surface area contributed by atoms with Crippen molar-refractivity contribution in [2.45, 2.75) is 13.8 Å². The Morgan fingerprint density at radius 3 is 2.78 bits per heavy atom. The third-order valence-electron chi connectivity index (χ3n) is 2.26. The molecule has 98 valence electrons. The molecule has 0 radical (unpaired) electrons. The Morgan fingerprint density at radius 1 is 1.33 bits per heavy atom. The number of Topliss-reactive ketones (excluding diaryl/α,β-unsaturated/α-hetero) is 1. The summed E-state index contributed by atoms with van der Waals surface area (Å²) in [7, 11) is 0. The molecule has 1 aromatic carbocycles. The molecule has 2 amide bonds. The molecule has 4 nitrogen and oxygen atoms in total. The van der Waals surface area contributed by atoms with Gasteiger partial charge in [0.25, 0.3) is 0 Å². The maximum atomic E-state index is 11.5. The molecule has 0 unspecified atom stereocenters. The molecule has 0 aromatic heterocycles. The summed E-state index contributed by atoms with van der Waals surface area (Å²) in [5.74, 6) is 1.93. The molecule has 0 bridgehead atoms. The van der Waals surface area contributed by atoms with Gasteiger partial charge < -0.3 is 10.6 Å². The van der Waals surface area contributed by atoms with Crippen LogP contribution in [0.4, 0.5) is 10.5 Å². The van der Waals surface area contributed by atoms with E-state index in [4.69, 9.17) is 0 Å². The van der Waals surface area contributed by atoms with Crippen molar-refractivity contribution in [2.24, 2.45) is 0 Å². The van der Waals surface area contributed by atoms with E-state index in [9.17, 15) is 9.59 Å². The van der Waals surface area contributed by atoms with Crippen molar-refractivity contribution in [3.63, 3.8) is 0 Å². The first-order chi connectivity index (χ1) is 8.63. The molecule has 0 saturated heterocycles. The zero-order valence-electron chi connectivity index (χ0n) is 10.7. The second-order valence-corrected chi connectivity index (χ2v) is 5.11. The molecule has 0 atom stereocenters. The van der Waals surface area contributed by atoms with Gasteiger partial charge in [0.05, 0.1) is 0 Å². The summed E-state index contributed by atoms with van der Waals surface area (Å²) in [6.07, 6.45) is 0. The van der Waals surface area contributed by atoms with Crippen LogP contribution in [-0.4, -0.2) is 29.9 Å². The number of ketones is 1. The van der Waals surface area contributed by atoms with Crippen LogP contribution < -0.4 is 10.6 Å². The number of carbonyl (C=O) groups excluding carboxylic acids is 2. The van der Waals surface area contributed by atoms with Crippen molar-refractivity contribution in [1.29, 1.82) is 0 Å². The summed E-state index contributed by atoms with van der Waals surface area (Å²) >= 11 is 1.78. The Labute approximate surface area is 112 Å². The van der Waals surface area contributed by atoms with Crippen LogP contribution in [-0.2, 0) is 0 Å². The van der Waals surface area contributed by atoms with Gasteiger partial charge in [0.2, 0.25) is 0 Å². The first-order valence-corrected chi connectivity index (χ1v) is 7.02. The van der Waals surface area contributed by atoms with Gasteiger partial charge >= 0.3 is 6.03 Å². The Kier molecular flexibility index (Phi) is 6.28. The number of rotatable bonds is 6. The second kappa shape index (κ2) is 7.76. The number of hydrogen-bond donors (Lipinski definition) is 2. The standard InChI is InChI=1S/C13H18N2O2S/c1-3-18-8-7-14-13(17)15-12-6-4-5-11(9-12)10(2)16/h4-6,9H,3,7-8H2,1-2H3,(H2,14,15,17). The van der Waals surface area contributed by atoms with E-state index in [1.807, 2.05) is 0 Å². The Hall–Kier alpha value is -1.49. The fourth-order valence-electron chi connectivity index (χ4n) is 1.37. The molecule has 0 aliphatic rings. The van der Waals surface area contributed by atoms with Crippen molar-refractivity contribution >= 4 is 29.3 Å². The smallest absolute Gasteiger partial charge is 0.319 e. The lowest BCUT2D eigenvalue weighted by molar-refractivity contribution is 0.101. The highest BCUT2D eigenvalue weighted by atomic mass is 32.2. The zero-order chi connectivity index (χ0) is 13.4. The molecule has 5 heteroatoms. The quantitative estimate of drug-likeness (QED) is 0.615. The molecule has 18 heavy (non-hydrogen) atoms. The minimum Gasteiger partial charge on any atom is -0.337 e. The highest BCUT2D eigenvalue weighted by Gasteiger charge is 2.03. The molecule has 0 aliphatic heterocycles. The maximum Gasteiger partial charge on any atom is 0.319 e.